The molecule has 4 nitrogen and oxygen atoms in total. The summed E-state index contributed by atoms with van der Waals surface area (Å²) < 4.78 is 27.9. The van der Waals surface area contributed by atoms with Gasteiger partial charge in [-0.15, -0.1) is 0 Å². The summed E-state index contributed by atoms with van der Waals surface area (Å²) in [6, 6.07) is 13.2. The zero-order valence-electron chi connectivity index (χ0n) is 17.0. The summed E-state index contributed by atoms with van der Waals surface area (Å²) in [5.41, 5.74) is 3.10. The van der Waals surface area contributed by atoms with E-state index in [0.29, 0.717) is 18.3 Å². The highest BCUT2D eigenvalue weighted by Gasteiger charge is 2.23. The molecule has 1 aliphatic rings. The van der Waals surface area contributed by atoms with Gasteiger partial charge in [-0.25, -0.2) is 9.37 Å². The molecule has 0 radical (unpaired) electrons. The van der Waals surface area contributed by atoms with Gasteiger partial charge in [0.2, 0.25) is 0 Å². The SMILES string of the molecule is CCC1CC(c2cc(F)cc(OCc3ccc(-n4ccnc4C)cc3)c2)CCO1. The van der Waals surface area contributed by atoms with Crippen molar-refractivity contribution in [2.24, 2.45) is 0 Å². The lowest BCUT2D eigenvalue weighted by Crippen LogP contribution is -2.23. The van der Waals surface area contributed by atoms with E-state index in [1.165, 1.54) is 6.07 Å². The zero-order valence-corrected chi connectivity index (χ0v) is 17.0. The minimum atomic E-state index is -0.247. The molecule has 0 N–H and O–H groups in total. The minimum Gasteiger partial charge on any atom is -0.489 e. The molecule has 0 saturated carbocycles. The Balaban J connectivity index is 1.43. The van der Waals surface area contributed by atoms with Gasteiger partial charge in [-0.1, -0.05) is 19.1 Å². The number of aryl methyl sites for hydroxylation is 1. The van der Waals surface area contributed by atoms with Crippen molar-refractivity contribution in [3.8, 4) is 11.4 Å². The van der Waals surface area contributed by atoms with Gasteiger partial charge < -0.3 is 14.0 Å². The third-order valence-electron chi connectivity index (χ3n) is 5.63. The maximum Gasteiger partial charge on any atom is 0.127 e. The van der Waals surface area contributed by atoms with E-state index in [1.54, 1.807) is 12.3 Å². The van der Waals surface area contributed by atoms with Crippen LogP contribution in [0.3, 0.4) is 0 Å². The number of aromatic nitrogens is 2. The van der Waals surface area contributed by atoms with Gasteiger partial charge in [0.15, 0.2) is 0 Å². The second-order valence-electron chi connectivity index (χ2n) is 7.64. The molecule has 1 fully saturated rings. The number of imidazole rings is 1. The van der Waals surface area contributed by atoms with Crippen LogP contribution in [0, 0.1) is 12.7 Å². The van der Waals surface area contributed by atoms with Gasteiger partial charge in [-0.2, -0.15) is 0 Å². The number of halogens is 1. The second-order valence-corrected chi connectivity index (χ2v) is 7.64. The Labute approximate surface area is 171 Å². The molecule has 4 rings (SSSR count). The predicted octanol–water partition coefficient (Wildman–Crippen LogP) is 5.57. The summed E-state index contributed by atoms with van der Waals surface area (Å²) in [6.45, 7) is 5.24. The van der Waals surface area contributed by atoms with E-state index in [0.717, 1.165) is 48.5 Å². The molecule has 2 heterocycles. The Morgan fingerprint density at radius 2 is 2.03 bits per heavy atom. The summed E-state index contributed by atoms with van der Waals surface area (Å²) in [6.07, 6.45) is 6.84. The average molecular weight is 394 g/mol. The average Bonchev–Trinajstić information content (AvgIpc) is 3.18. The normalized spacial score (nSPS) is 19.3. The van der Waals surface area contributed by atoms with Gasteiger partial charge in [0.05, 0.1) is 6.10 Å². The van der Waals surface area contributed by atoms with E-state index < -0.39 is 0 Å². The van der Waals surface area contributed by atoms with Gasteiger partial charge in [0.25, 0.3) is 0 Å². The number of benzene rings is 2. The Hall–Kier alpha value is -2.66. The summed E-state index contributed by atoms with van der Waals surface area (Å²) in [5.74, 6) is 1.60. The fraction of sp³-hybridized carbons (Fsp3) is 0.375. The third-order valence-corrected chi connectivity index (χ3v) is 5.63. The van der Waals surface area contributed by atoms with Gasteiger partial charge in [0.1, 0.15) is 24.0 Å². The molecule has 152 valence electrons. The van der Waals surface area contributed by atoms with Gasteiger partial charge in [-0.3, -0.25) is 0 Å². The van der Waals surface area contributed by atoms with Crippen LogP contribution in [-0.2, 0) is 11.3 Å². The number of hydrogen-bond donors (Lipinski definition) is 0. The Morgan fingerprint density at radius 3 is 2.76 bits per heavy atom. The number of ether oxygens (including phenoxy) is 2. The van der Waals surface area contributed by atoms with E-state index in [-0.39, 0.29) is 11.9 Å². The largest absolute Gasteiger partial charge is 0.489 e. The molecule has 0 spiro atoms. The van der Waals surface area contributed by atoms with E-state index in [9.17, 15) is 4.39 Å². The van der Waals surface area contributed by atoms with Crippen LogP contribution in [0.1, 0.15) is 49.1 Å². The summed E-state index contributed by atoms with van der Waals surface area (Å²) in [4.78, 5) is 4.25. The van der Waals surface area contributed by atoms with Crippen LogP contribution in [0.5, 0.6) is 5.75 Å². The highest BCUT2D eigenvalue weighted by molar-refractivity contribution is 5.36. The van der Waals surface area contributed by atoms with E-state index in [4.69, 9.17) is 9.47 Å². The van der Waals surface area contributed by atoms with Crippen molar-refractivity contribution in [3.63, 3.8) is 0 Å². The van der Waals surface area contributed by atoms with Crippen molar-refractivity contribution in [1.29, 1.82) is 0 Å². The minimum absolute atomic E-state index is 0.247. The third kappa shape index (κ3) is 4.67. The van der Waals surface area contributed by atoms with Gasteiger partial charge >= 0.3 is 0 Å². The monoisotopic (exact) mass is 394 g/mol. The molecule has 2 aromatic carbocycles. The first-order valence-electron chi connectivity index (χ1n) is 10.3. The smallest absolute Gasteiger partial charge is 0.127 e. The summed E-state index contributed by atoms with van der Waals surface area (Å²) in [7, 11) is 0. The van der Waals surface area contributed by atoms with Crippen LogP contribution in [0.25, 0.3) is 5.69 Å². The first kappa shape index (κ1) is 19.6. The van der Waals surface area contributed by atoms with Crippen molar-refractivity contribution >= 4 is 0 Å². The lowest BCUT2D eigenvalue weighted by atomic mass is 9.88. The maximum absolute atomic E-state index is 14.2. The lowest BCUT2D eigenvalue weighted by molar-refractivity contribution is 0.00477. The van der Waals surface area contributed by atoms with Crippen molar-refractivity contribution < 1.29 is 13.9 Å². The van der Waals surface area contributed by atoms with E-state index in [1.807, 2.05) is 48.0 Å². The topological polar surface area (TPSA) is 36.3 Å². The van der Waals surface area contributed by atoms with Crippen LogP contribution < -0.4 is 4.74 Å². The molecule has 1 aromatic heterocycles. The van der Waals surface area contributed by atoms with Crippen molar-refractivity contribution in [2.75, 3.05) is 6.61 Å². The van der Waals surface area contributed by atoms with Gasteiger partial charge in [0, 0.05) is 30.8 Å². The molecule has 0 aliphatic carbocycles. The van der Waals surface area contributed by atoms with E-state index in [2.05, 4.69) is 11.9 Å². The Morgan fingerprint density at radius 1 is 1.21 bits per heavy atom. The molecule has 2 unspecified atom stereocenters. The first-order chi connectivity index (χ1) is 14.1. The van der Waals surface area contributed by atoms with Crippen molar-refractivity contribution in [3.05, 3.63) is 77.6 Å². The van der Waals surface area contributed by atoms with Crippen LogP contribution in [0.4, 0.5) is 4.39 Å². The molecule has 5 heteroatoms. The number of hydrogen-bond acceptors (Lipinski definition) is 3. The molecular weight excluding hydrogens is 367 g/mol. The highest BCUT2D eigenvalue weighted by atomic mass is 19.1. The van der Waals surface area contributed by atoms with Crippen molar-refractivity contribution in [2.45, 2.75) is 51.7 Å². The summed E-state index contributed by atoms with van der Waals surface area (Å²) >= 11 is 0. The quantitative estimate of drug-likeness (QED) is 0.548. The number of rotatable bonds is 6. The fourth-order valence-corrected chi connectivity index (χ4v) is 3.94. The molecule has 1 aliphatic heterocycles. The second kappa shape index (κ2) is 8.78. The highest BCUT2D eigenvalue weighted by Crippen LogP contribution is 2.33. The lowest BCUT2D eigenvalue weighted by Gasteiger charge is -2.29. The van der Waals surface area contributed by atoms with Gasteiger partial charge in [-0.05, 0) is 67.5 Å². The first-order valence-corrected chi connectivity index (χ1v) is 10.3. The summed E-state index contributed by atoms with van der Waals surface area (Å²) in [5, 5.41) is 0. The predicted molar refractivity (Wildman–Crippen MR) is 111 cm³/mol. The molecule has 29 heavy (non-hydrogen) atoms. The fourth-order valence-electron chi connectivity index (χ4n) is 3.94. The van der Waals surface area contributed by atoms with Crippen LogP contribution in [0.2, 0.25) is 0 Å². The van der Waals surface area contributed by atoms with E-state index >= 15 is 0 Å². The van der Waals surface area contributed by atoms with Crippen LogP contribution in [-0.4, -0.2) is 22.3 Å². The van der Waals surface area contributed by atoms with Crippen LogP contribution >= 0.6 is 0 Å². The molecule has 0 bridgehead atoms. The molecular formula is C24H27FN2O2. The Bertz CT molecular complexity index is 952. The molecule has 2 atom stereocenters. The van der Waals surface area contributed by atoms with Crippen molar-refractivity contribution in [1.82, 2.24) is 9.55 Å². The number of nitrogens with zero attached hydrogens (tertiary/aromatic N) is 2. The molecule has 0 amide bonds. The molecule has 1 saturated heterocycles. The van der Waals surface area contributed by atoms with Crippen LogP contribution in [0.15, 0.2) is 54.9 Å². The standard InChI is InChI=1S/C24H27FN2O2/c1-3-23-13-19(8-11-28-23)20-12-21(25)15-24(14-20)29-16-18-4-6-22(7-5-18)27-10-9-26-17(27)2/h4-7,9-10,12,14-15,19,23H,3,8,11,13,16H2,1-2H3. The zero-order chi connectivity index (χ0) is 20.2. The maximum atomic E-state index is 14.2. The molecule has 3 aromatic rings. The Kier molecular flexibility index (Phi) is 5.95.